The van der Waals surface area contributed by atoms with E-state index in [4.69, 9.17) is 0 Å². The maximum atomic E-state index is 13.0. The monoisotopic (exact) mass is 515 g/mol. The van der Waals surface area contributed by atoms with Gasteiger partial charge in [0.2, 0.25) is 5.91 Å². The lowest BCUT2D eigenvalue weighted by molar-refractivity contribution is -0.141. The first-order valence-corrected chi connectivity index (χ1v) is 13.5. The largest absolute Gasteiger partial charge is 0.481 e. The van der Waals surface area contributed by atoms with Gasteiger partial charge in [0, 0.05) is 56.2 Å². The van der Waals surface area contributed by atoms with Gasteiger partial charge >= 0.3 is 5.97 Å². The van der Waals surface area contributed by atoms with Gasteiger partial charge in [0.25, 0.3) is 5.91 Å². The zero-order valence-corrected chi connectivity index (χ0v) is 22.3. The highest BCUT2D eigenvalue weighted by atomic mass is 32.1. The molecule has 0 spiro atoms. The summed E-state index contributed by atoms with van der Waals surface area (Å²) < 4.78 is 0. The van der Waals surface area contributed by atoms with Crippen molar-refractivity contribution in [3.05, 3.63) is 40.4 Å². The summed E-state index contributed by atoms with van der Waals surface area (Å²) in [6, 6.07) is 1.39. The van der Waals surface area contributed by atoms with Crippen molar-refractivity contribution in [2.75, 3.05) is 7.05 Å². The number of hydrogen-bond donors (Lipinski definition) is 2. The highest BCUT2D eigenvalue weighted by Crippen LogP contribution is 2.33. The van der Waals surface area contributed by atoms with Gasteiger partial charge in [-0.1, -0.05) is 20.8 Å². The third-order valence-electron chi connectivity index (χ3n) is 6.70. The number of amides is 2. The number of nitrogens with zero attached hydrogens (tertiary/aromatic N) is 4. The molecule has 2 aromatic rings. The number of carbonyl (C=O) groups excluding carboxylic acids is 2. The fourth-order valence-corrected chi connectivity index (χ4v) is 5.10. The van der Waals surface area contributed by atoms with Crippen LogP contribution in [0.15, 0.2) is 23.8 Å². The van der Waals surface area contributed by atoms with Crippen molar-refractivity contribution in [2.45, 2.75) is 77.8 Å². The van der Waals surface area contributed by atoms with Crippen molar-refractivity contribution in [3.63, 3.8) is 0 Å². The summed E-state index contributed by atoms with van der Waals surface area (Å²) >= 11 is 1.43. The van der Waals surface area contributed by atoms with Gasteiger partial charge in [0.05, 0.1) is 10.9 Å². The Morgan fingerprint density at radius 3 is 2.50 bits per heavy atom. The SMILES string of the molecule is CC(C)C(CCc1nc(C(=O)N[C@@H](Cc2ncccn2)C[C@H](C)C(=O)O)cs1)N(C)C(=O)CC1CC1. The zero-order chi connectivity index (χ0) is 26.2. The molecule has 3 rings (SSSR count). The van der Waals surface area contributed by atoms with Crippen LogP contribution in [0.4, 0.5) is 0 Å². The maximum Gasteiger partial charge on any atom is 0.306 e. The number of carboxylic acids is 1. The van der Waals surface area contributed by atoms with E-state index in [2.05, 4.69) is 34.1 Å². The minimum absolute atomic E-state index is 0.116. The molecule has 9 nitrogen and oxygen atoms in total. The molecule has 3 atom stereocenters. The van der Waals surface area contributed by atoms with E-state index >= 15 is 0 Å². The van der Waals surface area contributed by atoms with E-state index in [0.717, 1.165) is 24.3 Å². The Hall–Kier alpha value is -2.88. The Morgan fingerprint density at radius 1 is 1.19 bits per heavy atom. The lowest BCUT2D eigenvalue weighted by Crippen LogP contribution is -2.40. The summed E-state index contributed by atoms with van der Waals surface area (Å²) in [6.45, 7) is 5.87. The first kappa shape index (κ1) is 27.7. The van der Waals surface area contributed by atoms with E-state index in [1.54, 1.807) is 30.8 Å². The van der Waals surface area contributed by atoms with Crippen molar-refractivity contribution in [3.8, 4) is 0 Å². The molecule has 196 valence electrons. The molecule has 36 heavy (non-hydrogen) atoms. The lowest BCUT2D eigenvalue weighted by Gasteiger charge is -2.31. The van der Waals surface area contributed by atoms with E-state index < -0.39 is 17.9 Å². The molecule has 0 aliphatic heterocycles. The molecule has 1 aliphatic carbocycles. The number of rotatable bonds is 14. The summed E-state index contributed by atoms with van der Waals surface area (Å²) in [4.78, 5) is 51.8. The van der Waals surface area contributed by atoms with Crippen LogP contribution >= 0.6 is 11.3 Å². The number of carbonyl (C=O) groups is 3. The van der Waals surface area contributed by atoms with Crippen LogP contribution in [0.3, 0.4) is 0 Å². The smallest absolute Gasteiger partial charge is 0.306 e. The van der Waals surface area contributed by atoms with Gasteiger partial charge in [0.1, 0.15) is 11.5 Å². The van der Waals surface area contributed by atoms with Gasteiger partial charge in [-0.15, -0.1) is 11.3 Å². The molecule has 2 amide bonds. The summed E-state index contributed by atoms with van der Waals surface area (Å²) in [5.41, 5.74) is 0.316. The van der Waals surface area contributed by atoms with Crippen LogP contribution in [-0.4, -0.2) is 61.9 Å². The number of hydrogen-bond acceptors (Lipinski definition) is 7. The molecule has 1 unspecified atom stereocenters. The molecule has 1 fully saturated rings. The van der Waals surface area contributed by atoms with Gasteiger partial charge in [0.15, 0.2) is 0 Å². The second-order valence-electron chi connectivity index (χ2n) is 10.1. The van der Waals surface area contributed by atoms with Crippen LogP contribution in [0.5, 0.6) is 0 Å². The summed E-state index contributed by atoms with van der Waals surface area (Å²) in [6.07, 6.45) is 8.24. The highest BCUT2D eigenvalue weighted by molar-refractivity contribution is 7.09. The molecule has 2 heterocycles. The normalized spacial score (nSPS) is 15.8. The van der Waals surface area contributed by atoms with E-state index in [1.807, 2.05) is 11.9 Å². The molecule has 0 radical (unpaired) electrons. The van der Waals surface area contributed by atoms with E-state index in [-0.39, 0.29) is 24.3 Å². The number of thiazole rings is 1. The molecule has 0 aromatic carbocycles. The molecule has 0 bridgehead atoms. The third-order valence-corrected chi connectivity index (χ3v) is 7.61. The van der Waals surface area contributed by atoms with Crippen LogP contribution in [0.25, 0.3) is 0 Å². The van der Waals surface area contributed by atoms with Gasteiger partial charge in [-0.05, 0) is 43.6 Å². The first-order chi connectivity index (χ1) is 17.1. The fraction of sp³-hybridized carbons (Fsp3) is 0.615. The molecule has 2 N–H and O–H groups in total. The van der Waals surface area contributed by atoms with Gasteiger partial charge in [-0.3, -0.25) is 14.4 Å². The zero-order valence-electron chi connectivity index (χ0n) is 21.5. The van der Waals surface area contributed by atoms with Crippen molar-refractivity contribution in [1.82, 2.24) is 25.2 Å². The predicted octanol–water partition coefficient (Wildman–Crippen LogP) is 3.60. The van der Waals surface area contributed by atoms with E-state index in [1.165, 1.54) is 11.3 Å². The van der Waals surface area contributed by atoms with Crippen LogP contribution in [0.1, 0.15) is 74.2 Å². The fourth-order valence-electron chi connectivity index (χ4n) is 4.31. The topological polar surface area (TPSA) is 125 Å². The minimum atomic E-state index is -0.917. The number of aromatic nitrogens is 3. The molecular weight excluding hydrogens is 478 g/mol. The number of nitrogens with one attached hydrogen (secondary N) is 1. The Bertz CT molecular complexity index is 1020. The van der Waals surface area contributed by atoms with Crippen molar-refractivity contribution >= 4 is 29.1 Å². The average molecular weight is 516 g/mol. The summed E-state index contributed by atoms with van der Waals surface area (Å²) in [5.74, 6) is -0.259. The van der Waals surface area contributed by atoms with Gasteiger partial charge in [-0.25, -0.2) is 15.0 Å². The van der Waals surface area contributed by atoms with Crippen molar-refractivity contribution < 1.29 is 19.5 Å². The van der Waals surface area contributed by atoms with Gasteiger partial charge < -0.3 is 15.3 Å². The first-order valence-electron chi connectivity index (χ1n) is 12.6. The van der Waals surface area contributed by atoms with Crippen LogP contribution in [0.2, 0.25) is 0 Å². The predicted molar refractivity (Wildman–Crippen MR) is 138 cm³/mol. The number of carboxylic acid groups (broad SMARTS) is 1. The maximum absolute atomic E-state index is 13.0. The molecule has 1 saturated carbocycles. The molecule has 1 aliphatic rings. The molecular formula is C26H37N5O4S. The highest BCUT2D eigenvalue weighted by Gasteiger charge is 2.29. The summed E-state index contributed by atoms with van der Waals surface area (Å²) in [7, 11) is 1.89. The van der Waals surface area contributed by atoms with Gasteiger partial charge in [-0.2, -0.15) is 0 Å². The minimum Gasteiger partial charge on any atom is -0.481 e. The van der Waals surface area contributed by atoms with Crippen molar-refractivity contribution in [1.29, 1.82) is 0 Å². The second kappa shape index (κ2) is 12.9. The Balaban J connectivity index is 1.59. The summed E-state index contributed by atoms with van der Waals surface area (Å²) in [5, 5.41) is 14.8. The lowest BCUT2D eigenvalue weighted by atomic mass is 9.97. The van der Waals surface area contributed by atoms with E-state index in [9.17, 15) is 19.5 Å². The van der Waals surface area contributed by atoms with Crippen LogP contribution in [0, 0.1) is 17.8 Å². The van der Waals surface area contributed by atoms with Crippen molar-refractivity contribution in [2.24, 2.45) is 17.8 Å². The van der Waals surface area contributed by atoms with Crippen LogP contribution in [-0.2, 0) is 22.4 Å². The molecule has 2 aromatic heterocycles. The average Bonchev–Trinajstić information content (AvgIpc) is 3.52. The second-order valence-corrected chi connectivity index (χ2v) is 11.1. The number of aliphatic carboxylic acids is 1. The Labute approximate surface area is 216 Å². The Morgan fingerprint density at radius 2 is 1.89 bits per heavy atom. The standard InChI is InChI=1S/C26H37N5O4S/c1-16(2)21(31(4)24(32)13-18-6-7-18)8-9-23-30-20(15-36-23)25(33)29-19(12-17(3)26(34)35)14-22-27-10-5-11-28-22/h5,10-11,15-19,21H,6-9,12-14H2,1-4H3,(H,29,33)(H,34,35)/t17-,19+,21?/m0/s1. The quantitative estimate of drug-likeness (QED) is 0.394. The van der Waals surface area contributed by atoms with Crippen LogP contribution < -0.4 is 5.32 Å². The molecule has 10 heteroatoms. The third kappa shape index (κ3) is 8.36. The molecule has 0 saturated heterocycles. The number of aryl methyl sites for hydroxylation is 1. The Kier molecular flexibility index (Phi) is 9.92. The van der Waals surface area contributed by atoms with E-state index in [0.29, 0.717) is 42.6 Å².